The van der Waals surface area contributed by atoms with Gasteiger partial charge in [0.05, 0.1) is 5.52 Å². The number of benzene rings is 2. The molecular weight excluding hydrogens is 263 g/mol. The molecule has 0 amide bonds. The summed E-state index contributed by atoms with van der Waals surface area (Å²) in [5, 5.41) is 4.12. The Hall–Kier alpha value is -2.13. The number of H-pyrrole nitrogens is 1. The lowest BCUT2D eigenvalue weighted by molar-refractivity contribution is 0.633. The summed E-state index contributed by atoms with van der Waals surface area (Å²) in [4.78, 5) is 3.27. The minimum Gasteiger partial charge on any atom is -0.355 e. The van der Waals surface area contributed by atoms with E-state index in [9.17, 15) is 4.39 Å². The summed E-state index contributed by atoms with van der Waals surface area (Å²) >= 11 is 0. The minimum atomic E-state index is -0.195. The normalized spacial score (nSPS) is 12.7. The molecule has 3 aromatic rings. The fourth-order valence-corrected chi connectivity index (χ4v) is 2.80. The van der Waals surface area contributed by atoms with Crippen LogP contribution in [0.2, 0.25) is 0 Å². The van der Waals surface area contributed by atoms with Crippen molar-refractivity contribution in [2.75, 3.05) is 13.6 Å². The SMILES string of the molecule is CNCCC(c1ccccc1)c1cc2cccc(F)c2[nH]1. The molecule has 0 aliphatic rings. The highest BCUT2D eigenvalue weighted by Gasteiger charge is 2.16. The van der Waals surface area contributed by atoms with Crippen molar-refractivity contribution in [1.29, 1.82) is 0 Å². The van der Waals surface area contributed by atoms with Crippen LogP contribution in [0.4, 0.5) is 4.39 Å². The summed E-state index contributed by atoms with van der Waals surface area (Å²) in [5.74, 6) is 0.0460. The van der Waals surface area contributed by atoms with Crippen LogP contribution in [0.1, 0.15) is 23.6 Å². The number of hydrogen-bond donors (Lipinski definition) is 2. The number of rotatable bonds is 5. The summed E-state index contributed by atoms with van der Waals surface area (Å²) in [5.41, 5.74) is 2.91. The minimum absolute atomic E-state index is 0.195. The smallest absolute Gasteiger partial charge is 0.147 e. The van der Waals surface area contributed by atoms with Crippen molar-refractivity contribution in [3.63, 3.8) is 0 Å². The van der Waals surface area contributed by atoms with Crippen LogP contribution in [-0.2, 0) is 0 Å². The first-order valence-corrected chi connectivity index (χ1v) is 7.26. The van der Waals surface area contributed by atoms with Crippen molar-refractivity contribution in [3.05, 3.63) is 71.7 Å². The van der Waals surface area contributed by atoms with E-state index in [2.05, 4.69) is 28.5 Å². The van der Waals surface area contributed by atoms with E-state index >= 15 is 0 Å². The van der Waals surface area contributed by atoms with Crippen LogP contribution in [0.15, 0.2) is 54.6 Å². The van der Waals surface area contributed by atoms with E-state index in [0.717, 1.165) is 24.0 Å². The van der Waals surface area contributed by atoms with Gasteiger partial charge in [0.15, 0.2) is 0 Å². The Bertz CT molecular complexity index is 718. The fraction of sp³-hybridized carbons (Fsp3) is 0.222. The molecule has 3 heteroatoms. The highest BCUT2D eigenvalue weighted by Crippen LogP contribution is 2.30. The van der Waals surface area contributed by atoms with E-state index < -0.39 is 0 Å². The molecule has 1 aromatic heterocycles. The van der Waals surface area contributed by atoms with Gasteiger partial charge in [-0.3, -0.25) is 0 Å². The van der Waals surface area contributed by atoms with Crippen LogP contribution in [0, 0.1) is 5.82 Å². The largest absolute Gasteiger partial charge is 0.355 e. The molecule has 2 N–H and O–H groups in total. The molecular formula is C18H19FN2. The maximum atomic E-state index is 13.9. The molecule has 1 atom stereocenters. The van der Waals surface area contributed by atoms with Crippen molar-refractivity contribution in [2.45, 2.75) is 12.3 Å². The van der Waals surface area contributed by atoms with Gasteiger partial charge >= 0.3 is 0 Å². The Balaban J connectivity index is 2.03. The van der Waals surface area contributed by atoms with Crippen LogP contribution < -0.4 is 5.32 Å². The molecule has 0 saturated carbocycles. The summed E-state index contributed by atoms with van der Waals surface area (Å²) in [6, 6.07) is 17.6. The van der Waals surface area contributed by atoms with Gasteiger partial charge in [-0.05, 0) is 37.7 Å². The molecule has 21 heavy (non-hydrogen) atoms. The molecule has 1 unspecified atom stereocenters. The second-order valence-corrected chi connectivity index (χ2v) is 5.28. The third-order valence-corrected chi connectivity index (χ3v) is 3.89. The van der Waals surface area contributed by atoms with Gasteiger partial charge in [-0.1, -0.05) is 42.5 Å². The predicted molar refractivity (Wildman–Crippen MR) is 85.1 cm³/mol. The molecule has 0 aliphatic carbocycles. The van der Waals surface area contributed by atoms with Crippen LogP contribution in [0.5, 0.6) is 0 Å². The molecule has 108 valence electrons. The summed E-state index contributed by atoms with van der Waals surface area (Å²) in [6.45, 7) is 0.914. The highest BCUT2D eigenvalue weighted by atomic mass is 19.1. The molecule has 0 saturated heterocycles. The number of fused-ring (bicyclic) bond motifs is 1. The summed E-state index contributed by atoms with van der Waals surface area (Å²) in [6.07, 6.45) is 0.967. The lowest BCUT2D eigenvalue weighted by atomic mass is 9.92. The zero-order chi connectivity index (χ0) is 14.7. The first-order valence-electron chi connectivity index (χ1n) is 7.26. The summed E-state index contributed by atoms with van der Waals surface area (Å²) < 4.78 is 13.9. The molecule has 3 rings (SSSR count). The summed E-state index contributed by atoms with van der Waals surface area (Å²) in [7, 11) is 1.95. The standard InChI is InChI=1S/C18H19FN2/c1-20-11-10-15(13-6-3-2-4-7-13)17-12-14-8-5-9-16(19)18(14)21-17/h2-9,12,15,20-21H,10-11H2,1H3. The van der Waals surface area contributed by atoms with Crippen molar-refractivity contribution >= 4 is 10.9 Å². The second-order valence-electron chi connectivity index (χ2n) is 5.28. The zero-order valence-electron chi connectivity index (χ0n) is 12.1. The van der Waals surface area contributed by atoms with Gasteiger partial charge in [-0.2, -0.15) is 0 Å². The molecule has 2 aromatic carbocycles. The third-order valence-electron chi connectivity index (χ3n) is 3.89. The van der Waals surface area contributed by atoms with Gasteiger partial charge in [0.1, 0.15) is 5.82 Å². The van der Waals surface area contributed by atoms with E-state index in [1.54, 1.807) is 6.07 Å². The quantitative estimate of drug-likeness (QED) is 0.726. The average molecular weight is 282 g/mol. The number of halogens is 1. The van der Waals surface area contributed by atoms with E-state index in [1.807, 2.05) is 31.3 Å². The fourth-order valence-electron chi connectivity index (χ4n) is 2.80. The van der Waals surface area contributed by atoms with Gasteiger partial charge in [0.2, 0.25) is 0 Å². The topological polar surface area (TPSA) is 27.8 Å². The third kappa shape index (κ3) is 2.83. The Morgan fingerprint density at radius 2 is 1.90 bits per heavy atom. The second kappa shape index (κ2) is 6.10. The lowest BCUT2D eigenvalue weighted by Gasteiger charge is -2.16. The van der Waals surface area contributed by atoms with E-state index in [-0.39, 0.29) is 11.7 Å². The Morgan fingerprint density at radius 1 is 1.10 bits per heavy atom. The van der Waals surface area contributed by atoms with Crippen LogP contribution in [0.25, 0.3) is 10.9 Å². The highest BCUT2D eigenvalue weighted by molar-refractivity contribution is 5.81. The molecule has 0 fully saturated rings. The number of hydrogen-bond acceptors (Lipinski definition) is 1. The number of aromatic nitrogens is 1. The molecule has 0 bridgehead atoms. The number of aromatic amines is 1. The van der Waals surface area contributed by atoms with Gasteiger partial charge < -0.3 is 10.3 Å². The van der Waals surface area contributed by atoms with Crippen molar-refractivity contribution in [1.82, 2.24) is 10.3 Å². The molecule has 1 heterocycles. The van der Waals surface area contributed by atoms with Gasteiger partial charge in [0.25, 0.3) is 0 Å². The lowest BCUT2D eigenvalue weighted by Crippen LogP contribution is -2.13. The average Bonchev–Trinajstić information content (AvgIpc) is 2.94. The van der Waals surface area contributed by atoms with Crippen LogP contribution >= 0.6 is 0 Å². The Morgan fingerprint density at radius 3 is 2.62 bits per heavy atom. The van der Waals surface area contributed by atoms with Crippen LogP contribution in [0.3, 0.4) is 0 Å². The number of para-hydroxylation sites is 1. The predicted octanol–water partition coefficient (Wildman–Crippen LogP) is 4.05. The van der Waals surface area contributed by atoms with Crippen molar-refractivity contribution in [2.24, 2.45) is 0 Å². The first-order chi connectivity index (χ1) is 10.3. The Labute approximate surface area is 124 Å². The van der Waals surface area contributed by atoms with Crippen LogP contribution in [-0.4, -0.2) is 18.6 Å². The van der Waals surface area contributed by atoms with E-state index in [4.69, 9.17) is 0 Å². The Kier molecular flexibility index (Phi) is 4.02. The molecule has 0 radical (unpaired) electrons. The van der Waals surface area contributed by atoms with Crippen molar-refractivity contribution in [3.8, 4) is 0 Å². The molecule has 0 spiro atoms. The number of nitrogens with one attached hydrogen (secondary N) is 2. The first kappa shape index (κ1) is 13.8. The molecule has 2 nitrogen and oxygen atoms in total. The van der Waals surface area contributed by atoms with E-state index in [1.165, 1.54) is 11.6 Å². The van der Waals surface area contributed by atoms with Gasteiger partial charge in [-0.15, -0.1) is 0 Å². The monoisotopic (exact) mass is 282 g/mol. The van der Waals surface area contributed by atoms with E-state index in [0.29, 0.717) is 5.52 Å². The molecule has 0 aliphatic heterocycles. The maximum Gasteiger partial charge on any atom is 0.147 e. The van der Waals surface area contributed by atoms with Crippen molar-refractivity contribution < 1.29 is 4.39 Å². The van der Waals surface area contributed by atoms with Gasteiger partial charge in [-0.25, -0.2) is 4.39 Å². The maximum absolute atomic E-state index is 13.9. The zero-order valence-corrected chi connectivity index (χ0v) is 12.1. The van der Waals surface area contributed by atoms with Gasteiger partial charge in [0, 0.05) is 17.0 Å².